The first-order chi connectivity index (χ1) is 20.9. The van der Waals surface area contributed by atoms with Crippen LogP contribution >= 0.6 is 15.9 Å². The van der Waals surface area contributed by atoms with Crippen LogP contribution in [-0.4, -0.2) is 63.3 Å². The van der Waals surface area contributed by atoms with Crippen molar-refractivity contribution in [2.24, 2.45) is 4.99 Å². The van der Waals surface area contributed by atoms with Gasteiger partial charge in [-0.2, -0.15) is 0 Å². The van der Waals surface area contributed by atoms with Crippen molar-refractivity contribution in [1.82, 2.24) is 15.5 Å². The Balaban J connectivity index is 1.44. The Morgan fingerprint density at radius 3 is 2.66 bits per heavy atom. The summed E-state index contributed by atoms with van der Waals surface area (Å²) in [6, 6.07) is 9.99. The van der Waals surface area contributed by atoms with Gasteiger partial charge in [-0.15, -0.1) is 4.99 Å². The number of nitrogens with one attached hydrogen (secondary N) is 2. The highest BCUT2D eigenvalue weighted by Crippen LogP contribution is 2.42. The summed E-state index contributed by atoms with van der Waals surface area (Å²) in [4.78, 5) is 44.5. The molecule has 3 amide bonds. The standard InChI is InChI=1S/C32H39BrN4O7/c1-4-32(12-5-6-13-38)18-27(39)37(29(36-32)35-30(41)42)24-11-14-43-25-9-7-19(15-22(24)25)28(40)34-23-17-31(2,3)44-26-10-8-20(33)16-21(23)26/h7-10,15-16,23-24,38H,4-6,11-14,17-18H2,1-3H3,(H,34,40)(H,35,36)(H,41,42)/t23-,24+,32+/m0/s1. The zero-order valence-electron chi connectivity index (χ0n) is 25.2. The second-order valence-electron chi connectivity index (χ2n) is 12.3. The maximum Gasteiger partial charge on any atom is 0.434 e. The van der Waals surface area contributed by atoms with Crippen LogP contribution in [0.25, 0.3) is 0 Å². The van der Waals surface area contributed by atoms with Gasteiger partial charge in [-0.25, -0.2) is 4.79 Å². The molecule has 236 valence electrons. The third kappa shape index (κ3) is 6.71. The van der Waals surface area contributed by atoms with Crippen LogP contribution in [0.1, 0.15) is 99.3 Å². The van der Waals surface area contributed by atoms with Gasteiger partial charge < -0.3 is 30.3 Å². The van der Waals surface area contributed by atoms with E-state index in [0.717, 1.165) is 15.8 Å². The monoisotopic (exact) mass is 670 g/mol. The fraction of sp³-hybridized carbons (Fsp3) is 0.500. The maximum absolute atomic E-state index is 13.8. The molecule has 0 aromatic heterocycles. The molecule has 0 radical (unpaired) electrons. The molecule has 44 heavy (non-hydrogen) atoms. The Kier molecular flexibility index (Phi) is 9.22. The highest BCUT2D eigenvalue weighted by molar-refractivity contribution is 9.10. The van der Waals surface area contributed by atoms with E-state index in [1.807, 2.05) is 39.0 Å². The van der Waals surface area contributed by atoms with E-state index < -0.39 is 23.3 Å². The number of carbonyl (C=O) groups excluding carboxylic acids is 2. The quantitative estimate of drug-likeness (QED) is 0.270. The van der Waals surface area contributed by atoms with E-state index in [1.165, 1.54) is 4.90 Å². The topological polar surface area (TPSA) is 150 Å². The SMILES string of the molecule is CC[C@@]1(CCCCO)CC(=O)N([C@@H]2CCOc3ccc(C(=O)N[C@H]4CC(C)(C)Oc5ccc(Br)cc54)cc32)/C(=N/C(=O)O)N1. The molecule has 0 spiro atoms. The number of rotatable bonds is 8. The number of aliphatic hydroxyl groups excluding tert-OH is 1. The molecule has 3 atom stereocenters. The van der Waals surface area contributed by atoms with E-state index >= 15 is 0 Å². The van der Waals surface area contributed by atoms with Crippen LogP contribution in [0.3, 0.4) is 0 Å². The van der Waals surface area contributed by atoms with Crippen LogP contribution in [0.5, 0.6) is 11.5 Å². The molecule has 0 saturated carbocycles. The maximum atomic E-state index is 13.8. The number of aliphatic imine (C=N–C) groups is 1. The van der Waals surface area contributed by atoms with Gasteiger partial charge in [0.2, 0.25) is 11.9 Å². The average molecular weight is 672 g/mol. The number of carbonyl (C=O) groups is 3. The van der Waals surface area contributed by atoms with Crippen molar-refractivity contribution in [3.63, 3.8) is 0 Å². The summed E-state index contributed by atoms with van der Waals surface area (Å²) in [6.07, 6.45) is 2.11. The van der Waals surface area contributed by atoms with Gasteiger partial charge in [-0.05, 0) is 75.9 Å². The Hall–Kier alpha value is -3.64. The molecule has 5 rings (SSSR count). The van der Waals surface area contributed by atoms with Crippen molar-refractivity contribution in [1.29, 1.82) is 0 Å². The normalized spacial score (nSPS) is 24.8. The fourth-order valence-corrected chi connectivity index (χ4v) is 6.80. The van der Waals surface area contributed by atoms with Gasteiger partial charge in [0.1, 0.15) is 17.1 Å². The number of nitrogens with zero attached hydrogens (tertiary/aromatic N) is 2. The summed E-state index contributed by atoms with van der Waals surface area (Å²) in [5.74, 6) is 0.668. The predicted molar refractivity (Wildman–Crippen MR) is 167 cm³/mol. The molecule has 1 saturated heterocycles. The van der Waals surface area contributed by atoms with Crippen LogP contribution in [0.4, 0.5) is 4.79 Å². The lowest BCUT2D eigenvalue weighted by molar-refractivity contribution is -0.133. The van der Waals surface area contributed by atoms with Crippen molar-refractivity contribution in [3.8, 4) is 11.5 Å². The minimum absolute atomic E-state index is 0.0288. The first kappa shape index (κ1) is 31.8. The third-order valence-corrected chi connectivity index (χ3v) is 9.12. The number of ether oxygens (including phenoxy) is 2. The van der Waals surface area contributed by atoms with Crippen molar-refractivity contribution in [3.05, 3.63) is 57.6 Å². The van der Waals surface area contributed by atoms with Gasteiger partial charge in [0.25, 0.3) is 5.91 Å². The number of amides is 3. The molecule has 0 unspecified atom stereocenters. The minimum atomic E-state index is -1.42. The van der Waals surface area contributed by atoms with Gasteiger partial charge in [0.15, 0.2) is 0 Å². The van der Waals surface area contributed by atoms with Gasteiger partial charge in [-0.3, -0.25) is 14.5 Å². The van der Waals surface area contributed by atoms with Crippen molar-refractivity contribution in [2.75, 3.05) is 13.2 Å². The lowest BCUT2D eigenvalue weighted by Crippen LogP contribution is -2.63. The van der Waals surface area contributed by atoms with Crippen molar-refractivity contribution < 1.29 is 34.1 Å². The van der Waals surface area contributed by atoms with Gasteiger partial charge >= 0.3 is 6.09 Å². The smallest absolute Gasteiger partial charge is 0.434 e. The van der Waals surface area contributed by atoms with E-state index in [9.17, 15) is 24.6 Å². The van der Waals surface area contributed by atoms with Crippen LogP contribution < -0.4 is 20.1 Å². The van der Waals surface area contributed by atoms with E-state index in [-0.39, 0.29) is 36.8 Å². The second-order valence-corrected chi connectivity index (χ2v) is 13.2. The summed E-state index contributed by atoms with van der Waals surface area (Å²) in [7, 11) is 0. The molecule has 11 nitrogen and oxygen atoms in total. The van der Waals surface area contributed by atoms with E-state index in [2.05, 4.69) is 31.6 Å². The van der Waals surface area contributed by atoms with Crippen LogP contribution in [0, 0.1) is 0 Å². The molecule has 2 aromatic carbocycles. The summed E-state index contributed by atoms with van der Waals surface area (Å²) < 4.78 is 12.9. The zero-order chi connectivity index (χ0) is 31.6. The van der Waals surface area contributed by atoms with Gasteiger partial charge in [0, 0.05) is 46.2 Å². The lowest BCUT2D eigenvalue weighted by atomic mass is 9.83. The highest BCUT2D eigenvalue weighted by Gasteiger charge is 2.45. The Bertz CT molecular complexity index is 1480. The Morgan fingerprint density at radius 1 is 1.16 bits per heavy atom. The molecule has 1 fully saturated rings. The van der Waals surface area contributed by atoms with Crippen LogP contribution in [0.2, 0.25) is 0 Å². The van der Waals surface area contributed by atoms with Gasteiger partial charge in [-0.1, -0.05) is 22.9 Å². The molecule has 0 bridgehead atoms. The molecule has 3 aliphatic heterocycles. The first-order valence-corrected chi connectivity index (χ1v) is 15.8. The first-order valence-electron chi connectivity index (χ1n) is 15.0. The molecule has 4 N–H and O–H groups in total. The number of hydrogen-bond donors (Lipinski definition) is 4. The molecular weight excluding hydrogens is 632 g/mol. The van der Waals surface area contributed by atoms with Crippen LogP contribution in [0.15, 0.2) is 45.9 Å². The van der Waals surface area contributed by atoms with Crippen LogP contribution in [-0.2, 0) is 4.79 Å². The van der Waals surface area contributed by atoms with E-state index in [0.29, 0.717) is 62.0 Å². The highest BCUT2D eigenvalue weighted by atomic mass is 79.9. The second kappa shape index (κ2) is 12.8. The zero-order valence-corrected chi connectivity index (χ0v) is 26.8. The number of halogens is 1. The summed E-state index contributed by atoms with van der Waals surface area (Å²) >= 11 is 3.52. The number of aliphatic hydroxyl groups is 1. The lowest BCUT2D eigenvalue weighted by Gasteiger charge is -2.46. The molecule has 0 aliphatic carbocycles. The van der Waals surface area contributed by atoms with E-state index in [1.54, 1.807) is 18.2 Å². The largest absolute Gasteiger partial charge is 0.493 e. The summed E-state index contributed by atoms with van der Waals surface area (Å²) in [6.45, 7) is 6.26. The minimum Gasteiger partial charge on any atom is -0.493 e. The van der Waals surface area contributed by atoms with Crippen molar-refractivity contribution in [2.45, 2.75) is 88.9 Å². The number of unbranched alkanes of at least 4 members (excludes halogenated alkanes) is 1. The Morgan fingerprint density at radius 2 is 1.93 bits per heavy atom. The number of hydrogen-bond acceptors (Lipinski definition) is 6. The molecule has 12 heteroatoms. The predicted octanol–water partition coefficient (Wildman–Crippen LogP) is 5.47. The molecule has 3 heterocycles. The Labute approximate surface area is 265 Å². The number of carboxylic acid groups (broad SMARTS) is 1. The third-order valence-electron chi connectivity index (χ3n) is 8.63. The number of fused-ring (bicyclic) bond motifs is 2. The van der Waals surface area contributed by atoms with Gasteiger partial charge in [0.05, 0.1) is 25.1 Å². The van der Waals surface area contributed by atoms with E-state index in [4.69, 9.17) is 9.47 Å². The molecular formula is C32H39BrN4O7. The number of benzene rings is 2. The average Bonchev–Trinajstić information content (AvgIpc) is 2.96. The van der Waals surface area contributed by atoms with Crippen molar-refractivity contribution >= 4 is 39.8 Å². The summed E-state index contributed by atoms with van der Waals surface area (Å²) in [5.41, 5.74) is 0.721. The number of guanidine groups is 1. The molecule has 3 aliphatic rings. The fourth-order valence-electron chi connectivity index (χ4n) is 6.43. The molecule has 2 aromatic rings. The summed E-state index contributed by atoms with van der Waals surface area (Å²) in [5, 5.41) is 25.3.